The van der Waals surface area contributed by atoms with E-state index in [4.69, 9.17) is 11.6 Å². The summed E-state index contributed by atoms with van der Waals surface area (Å²) in [7, 11) is 0. The van der Waals surface area contributed by atoms with E-state index in [1.807, 2.05) is 6.07 Å². The van der Waals surface area contributed by atoms with Gasteiger partial charge in [0, 0.05) is 25.2 Å². The highest BCUT2D eigenvalue weighted by Gasteiger charge is 2.26. The van der Waals surface area contributed by atoms with Crippen molar-refractivity contribution < 1.29 is 9.72 Å². The number of benzene rings is 2. The fraction of sp³-hybridized carbons (Fsp3) is 0.350. The summed E-state index contributed by atoms with van der Waals surface area (Å²) in [5.41, 5.74) is 1.44. The maximum absolute atomic E-state index is 12.7. The molecule has 0 spiro atoms. The number of aryl methyl sites for hydroxylation is 1. The lowest BCUT2D eigenvalue weighted by atomic mass is 9.90. The summed E-state index contributed by atoms with van der Waals surface area (Å²) in [5, 5.41) is 11.2. The number of halogens is 1. The maximum atomic E-state index is 12.7. The van der Waals surface area contributed by atoms with Gasteiger partial charge in [-0.15, -0.1) is 0 Å². The summed E-state index contributed by atoms with van der Waals surface area (Å²) in [6.07, 6.45) is 4.07. The molecule has 26 heavy (non-hydrogen) atoms. The third-order valence-corrected chi connectivity index (χ3v) is 5.31. The number of nitro benzene ring substituents is 1. The zero-order valence-electron chi connectivity index (χ0n) is 14.4. The number of hydrogen-bond acceptors (Lipinski definition) is 3. The van der Waals surface area contributed by atoms with Crippen LogP contribution in [0.5, 0.6) is 0 Å². The first-order chi connectivity index (χ1) is 12.5. The molecule has 0 saturated carbocycles. The van der Waals surface area contributed by atoms with Gasteiger partial charge in [0.2, 0.25) is 0 Å². The van der Waals surface area contributed by atoms with E-state index in [9.17, 15) is 14.9 Å². The molecular weight excluding hydrogens is 352 g/mol. The van der Waals surface area contributed by atoms with Crippen molar-refractivity contribution in [1.82, 2.24) is 4.90 Å². The lowest BCUT2D eigenvalue weighted by Crippen LogP contribution is -2.38. The molecule has 1 aliphatic rings. The standard InChI is InChI=1S/C20H21ClN2O3/c21-19-9-8-17(23(25)26)14-18(19)20(24)22-12-10-16(11-13-22)7-6-15-4-2-1-3-5-15/h1-5,8-9,14,16H,6-7,10-13H2. The number of carbonyl (C=O) groups is 1. The van der Waals surface area contributed by atoms with E-state index in [0.717, 1.165) is 25.7 Å². The van der Waals surface area contributed by atoms with Crippen molar-refractivity contribution in [3.8, 4) is 0 Å². The molecule has 0 aromatic heterocycles. The van der Waals surface area contributed by atoms with E-state index in [-0.39, 0.29) is 22.2 Å². The first-order valence-electron chi connectivity index (χ1n) is 8.81. The van der Waals surface area contributed by atoms with Gasteiger partial charge in [0.1, 0.15) is 0 Å². The first kappa shape index (κ1) is 18.4. The Balaban J connectivity index is 1.57. The van der Waals surface area contributed by atoms with Crippen LogP contribution >= 0.6 is 11.6 Å². The van der Waals surface area contributed by atoms with E-state index in [0.29, 0.717) is 19.0 Å². The summed E-state index contributed by atoms with van der Waals surface area (Å²) < 4.78 is 0. The smallest absolute Gasteiger partial charge is 0.270 e. The summed E-state index contributed by atoms with van der Waals surface area (Å²) in [6.45, 7) is 1.33. The molecule has 136 valence electrons. The minimum absolute atomic E-state index is 0.115. The van der Waals surface area contributed by atoms with Crippen LogP contribution in [-0.4, -0.2) is 28.8 Å². The van der Waals surface area contributed by atoms with Crippen LogP contribution in [0.25, 0.3) is 0 Å². The molecule has 1 fully saturated rings. The molecule has 2 aromatic carbocycles. The Kier molecular flexibility index (Phi) is 5.89. The van der Waals surface area contributed by atoms with Gasteiger partial charge < -0.3 is 4.90 Å². The number of nitro groups is 1. The first-order valence-corrected chi connectivity index (χ1v) is 9.19. The monoisotopic (exact) mass is 372 g/mol. The average molecular weight is 373 g/mol. The van der Waals surface area contributed by atoms with E-state index in [1.54, 1.807) is 4.90 Å². The molecule has 5 nitrogen and oxygen atoms in total. The zero-order valence-corrected chi connectivity index (χ0v) is 15.2. The molecule has 3 rings (SSSR count). The number of amides is 1. The van der Waals surface area contributed by atoms with Gasteiger partial charge in [-0.1, -0.05) is 41.9 Å². The van der Waals surface area contributed by atoms with Gasteiger partial charge in [-0.2, -0.15) is 0 Å². The normalized spacial score (nSPS) is 15.0. The Bertz CT molecular complexity index is 787. The zero-order chi connectivity index (χ0) is 18.5. The second-order valence-electron chi connectivity index (χ2n) is 6.68. The van der Waals surface area contributed by atoms with Crippen LogP contribution < -0.4 is 0 Å². The minimum Gasteiger partial charge on any atom is -0.339 e. The number of hydrogen-bond donors (Lipinski definition) is 0. The second kappa shape index (κ2) is 8.32. The van der Waals surface area contributed by atoms with Gasteiger partial charge in [-0.25, -0.2) is 0 Å². The molecular formula is C20H21ClN2O3. The van der Waals surface area contributed by atoms with Crippen molar-refractivity contribution in [1.29, 1.82) is 0 Å². The number of carbonyl (C=O) groups excluding carboxylic acids is 1. The van der Waals surface area contributed by atoms with Crippen LogP contribution in [0.2, 0.25) is 5.02 Å². The molecule has 0 unspecified atom stereocenters. The largest absolute Gasteiger partial charge is 0.339 e. The molecule has 0 N–H and O–H groups in total. The Morgan fingerprint density at radius 1 is 1.15 bits per heavy atom. The van der Waals surface area contributed by atoms with Gasteiger partial charge in [-0.05, 0) is 43.2 Å². The molecule has 0 atom stereocenters. The summed E-state index contributed by atoms with van der Waals surface area (Å²) >= 11 is 6.09. The van der Waals surface area contributed by atoms with Crippen LogP contribution in [0.15, 0.2) is 48.5 Å². The third kappa shape index (κ3) is 4.41. The van der Waals surface area contributed by atoms with Crippen molar-refractivity contribution in [2.75, 3.05) is 13.1 Å². The molecule has 0 aliphatic carbocycles. The SMILES string of the molecule is O=C(c1cc([N+](=O)[O-])ccc1Cl)N1CCC(CCc2ccccc2)CC1. The van der Waals surface area contributed by atoms with Gasteiger partial charge in [0.05, 0.1) is 15.5 Å². The van der Waals surface area contributed by atoms with Crippen molar-refractivity contribution in [2.24, 2.45) is 5.92 Å². The van der Waals surface area contributed by atoms with Crippen molar-refractivity contribution in [3.05, 3.63) is 74.8 Å². The molecule has 1 amide bonds. The van der Waals surface area contributed by atoms with E-state index in [1.165, 1.54) is 23.8 Å². The molecule has 1 aliphatic heterocycles. The molecule has 2 aromatic rings. The molecule has 1 saturated heterocycles. The minimum atomic E-state index is -0.511. The summed E-state index contributed by atoms with van der Waals surface area (Å²) in [6, 6.07) is 14.4. The number of nitrogens with zero attached hydrogens (tertiary/aromatic N) is 2. The highest BCUT2D eigenvalue weighted by molar-refractivity contribution is 6.33. The lowest BCUT2D eigenvalue weighted by molar-refractivity contribution is -0.384. The van der Waals surface area contributed by atoms with Crippen LogP contribution in [0.3, 0.4) is 0 Å². The van der Waals surface area contributed by atoms with Gasteiger partial charge in [0.15, 0.2) is 0 Å². The van der Waals surface area contributed by atoms with Crippen LogP contribution in [0.4, 0.5) is 5.69 Å². The van der Waals surface area contributed by atoms with Gasteiger partial charge in [-0.3, -0.25) is 14.9 Å². The Morgan fingerprint density at radius 2 is 1.85 bits per heavy atom. The number of non-ortho nitro benzene ring substituents is 1. The molecule has 0 radical (unpaired) electrons. The fourth-order valence-electron chi connectivity index (χ4n) is 3.40. The fourth-order valence-corrected chi connectivity index (χ4v) is 3.60. The summed E-state index contributed by atoms with van der Waals surface area (Å²) in [5.74, 6) is 0.375. The van der Waals surface area contributed by atoms with Crippen LogP contribution in [0, 0.1) is 16.0 Å². The van der Waals surface area contributed by atoms with Crippen LogP contribution in [-0.2, 0) is 6.42 Å². The topological polar surface area (TPSA) is 63.4 Å². The number of likely N-dealkylation sites (tertiary alicyclic amines) is 1. The van der Waals surface area contributed by atoms with Crippen molar-refractivity contribution in [2.45, 2.75) is 25.7 Å². The van der Waals surface area contributed by atoms with E-state index < -0.39 is 4.92 Å². The second-order valence-corrected chi connectivity index (χ2v) is 7.09. The molecule has 6 heteroatoms. The van der Waals surface area contributed by atoms with Gasteiger partial charge in [0.25, 0.3) is 11.6 Å². The number of rotatable bonds is 5. The van der Waals surface area contributed by atoms with Crippen molar-refractivity contribution in [3.63, 3.8) is 0 Å². The Hall–Kier alpha value is -2.40. The van der Waals surface area contributed by atoms with Crippen LogP contribution in [0.1, 0.15) is 35.2 Å². The average Bonchev–Trinajstić information content (AvgIpc) is 2.67. The van der Waals surface area contributed by atoms with E-state index in [2.05, 4.69) is 24.3 Å². The quantitative estimate of drug-likeness (QED) is 0.562. The predicted molar refractivity (Wildman–Crippen MR) is 101 cm³/mol. The van der Waals surface area contributed by atoms with Crippen molar-refractivity contribution >= 4 is 23.2 Å². The maximum Gasteiger partial charge on any atom is 0.270 e. The Labute approximate surface area is 157 Å². The molecule has 1 heterocycles. The highest BCUT2D eigenvalue weighted by atomic mass is 35.5. The lowest BCUT2D eigenvalue weighted by Gasteiger charge is -2.32. The predicted octanol–water partition coefficient (Wildman–Crippen LogP) is 4.73. The number of piperidine rings is 1. The molecule has 0 bridgehead atoms. The van der Waals surface area contributed by atoms with Gasteiger partial charge >= 0.3 is 0 Å². The Morgan fingerprint density at radius 3 is 2.50 bits per heavy atom. The van der Waals surface area contributed by atoms with E-state index >= 15 is 0 Å². The summed E-state index contributed by atoms with van der Waals surface area (Å²) in [4.78, 5) is 24.9. The highest BCUT2D eigenvalue weighted by Crippen LogP contribution is 2.27. The third-order valence-electron chi connectivity index (χ3n) is 4.98.